The Balaban J connectivity index is 1.59. The van der Waals surface area contributed by atoms with Gasteiger partial charge in [-0.05, 0) is 152 Å². The van der Waals surface area contributed by atoms with Crippen LogP contribution >= 0.6 is 48.8 Å². The Bertz CT molecular complexity index is 4700. The number of carbonyl (C=O) groups excluding carboxylic acids is 18. The van der Waals surface area contributed by atoms with Crippen LogP contribution in [0, 0.1) is 34.0 Å². The number of aliphatic hydroxyl groups is 2. The van der Waals surface area contributed by atoms with Crippen molar-refractivity contribution < 1.29 is 106 Å². The summed E-state index contributed by atoms with van der Waals surface area (Å²) in [5.74, 6) is -20.2. The number of hydrogen-bond acceptors (Lipinski definition) is 31. The number of rotatable bonds is 67. The Kier molecular flexibility index (Phi) is 56.1. The number of nitrogens with two attached hydrogens (primary N) is 5. The smallest absolute Gasteiger partial charge is 0.327 e. The molecule has 0 aromatic carbocycles. The summed E-state index contributed by atoms with van der Waals surface area (Å²) in [6.07, 6.45) is 6.13. The van der Waals surface area contributed by atoms with Crippen LogP contribution in [0.15, 0.2) is 25.0 Å². The molecule has 0 unspecified atom stereocenters. The van der Waals surface area contributed by atoms with Crippen LogP contribution in [0.2, 0.25) is 0 Å². The second kappa shape index (κ2) is 65.1. The van der Waals surface area contributed by atoms with Crippen LogP contribution in [-0.4, -0.2) is 365 Å². The number of thiol groups is 2. The van der Waals surface area contributed by atoms with Crippen LogP contribution in [0.1, 0.15) is 170 Å². The number of thioether (sulfide) groups is 2. The molecule has 54 nitrogen and oxygen atoms in total. The molecule has 2 aromatic heterocycles. The van der Waals surface area contributed by atoms with Crippen LogP contribution in [0.3, 0.4) is 0 Å². The highest BCUT2D eigenvalue weighted by atomic mass is 32.2. The van der Waals surface area contributed by atoms with Crippen molar-refractivity contribution in [2.24, 2.45) is 46.4 Å². The molecule has 0 aliphatic carbocycles. The lowest BCUT2D eigenvalue weighted by Crippen LogP contribution is -2.63. The van der Waals surface area contributed by atoms with Gasteiger partial charge in [-0.1, -0.05) is 41.5 Å². The van der Waals surface area contributed by atoms with Crippen LogP contribution in [0.4, 0.5) is 0 Å². The molecule has 2 saturated heterocycles. The van der Waals surface area contributed by atoms with E-state index in [4.69, 9.17) is 44.9 Å². The standard InChI is InChI=1S/C88H150N32O22S4/c1-43(2)32-57(76(132)109-56(24-31-146-10)74(130)106-52(17-12-26-100-87(93)94)71(127)115-61(38-121)78(134)116-62(40-144)85(141)142)111-68(124)46(7)104-70(126)51(16-11-25-99-86(91)92)110-79(135)63-19-14-28-119(63)83(139)59(33-44(3)4)113-77(133)58(34-48-36-97-41-102-48)112-80(136)64-20-15-29-120(64)84(140)60(35-49-37-98-42-103-49)114-82(138)67(47(8)122)118-81(137)66(45(5)6)117-75(131)53(18-13-27-101-88(95)96)107-73(129)55(23-30-145-9)108-72(128)54(21-22-65(90)123)105-69(125)50(89)39-143/h36-37,41-47,50-64,66-67,121-122,143-144H,11-35,38-40,89H2,1-10H3,(H2,90,123)(H,97,102)(H,98,103)(H,104,126)(H,105,125)(H,106,130)(H,107,129)(H,108,128)(H,109,132)(H,110,135)(H,111,124)(H,112,136)(H,113,133)(H,114,138)(H,115,127)(H,116,134)(H,117,131)(H,118,137)(H,141,142)(H4,91,92,99)(H4,93,94,100)(H4,95,96,101)/t46-,47+,50-,51-,52-,53-,54-,55-,56-,57-,58-,59-,60-,61-,62-,63-,64-,66-,67-/m0/s1. The van der Waals surface area contributed by atoms with Crippen molar-refractivity contribution in [3.8, 4) is 0 Å². The number of aromatic amines is 2. The number of likely N-dealkylation sites (tertiary alicyclic amines) is 2. The molecule has 146 heavy (non-hydrogen) atoms. The molecule has 0 saturated carbocycles. The number of hydrogen-bond donors (Lipinski definition) is 33. The summed E-state index contributed by atoms with van der Waals surface area (Å²) >= 11 is 10.6. The number of aliphatic hydroxyl groups excluding tert-OH is 2. The molecule has 36 N–H and O–H groups in total. The number of aromatic nitrogens is 4. The van der Waals surface area contributed by atoms with Gasteiger partial charge in [-0.15, -0.1) is 0 Å². The zero-order valence-corrected chi connectivity index (χ0v) is 87.2. The quantitative estimate of drug-likeness (QED) is 0.0127. The highest BCUT2D eigenvalue weighted by molar-refractivity contribution is 7.98. The van der Waals surface area contributed by atoms with Crippen molar-refractivity contribution in [1.82, 2.24) is 125 Å². The SMILES string of the molecule is CSCC[C@H](NC(=O)[C@H](CC(C)C)NC(=O)[C@H](C)NC(=O)[C@H](CCCNC(=N)N)NC(=O)[C@@H]1CCCN1C(=O)[C@H](CC(C)C)NC(=O)[C@H](Cc1cnc[nH]1)NC(=O)[C@@H]1CCCN1C(=O)[C@H](Cc1cnc[nH]1)NC(=O)[C@@H](NC(=O)[C@@H](NC(=O)[C@H](CCCNC(=N)N)NC(=O)[C@H](CCSC)NC(=O)[C@H](CCC(N)=O)NC(=O)[C@@H](N)CS)C(C)C)[C@@H](C)O)C(=O)N[C@@H](CCCNC(=N)N)C(=O)N[C@@H](CO)C(=O)N[C@@H](CS)C(=O)O. The lowest BCUT2D eigenvalue weighted by atomic mass is 10.0. The van der Waals surface area contributed by atoms with E-state index in [1.54, 1.807) is 54.1 Å². The Labute approximate surface area is 865 Å². The van der Waals surface area contributed by atoms with E-state index in [-0.39, 0.29) is 183 Å². The molecule has 2 aliphatic heterocycles. The average molecular weight is 2140 g/mol. The van der Waals surface area contributed by atoms with Gasteiger partial charge in [0.25, 0.3) is 0 Å². The third-order valence-corrected chi connectivity index (χ3v) is 25.5. The molecule has 0 bridgehead atoms. The molecule has 19 atom stereocenters. The van der Waals surface area contributed by atoms with E-state index in [0.717, 1.165) is 0 Å². The molecule has 18 amide bonds. The minimum atomic E-state index is -1.87. The molecule has 58 heteroatoms. The molecular weight excluding hydrogens is 1990 g/mol. The highest BCUT2D eigenvalue weighted by Crippen LogP contribution is 2.25. The zero-order valence-electron chi connectivity index (χ0n) is 83.8. The number of guanidine groups is 3. The van der Waals surface area contributed by atoms with Gasteiger partial charge in [0.1, 0.15) is 103 Å². The van der Waals surface area contributed by atoms with Crippen molar-refractivity contribution >= 4 is 179 Å². The number of nitrogens with zero attached hydrogens (tertiary/aromatic N) is 4. The Hall–Kier alpha value is -12.6. The Morgan fingerprint density at radius 1 is 0.432 bits per heavy atom. The van der Waals surface area contributed by atoms with E-state index in [9.17, 15) is 87.2 Å². The van der Waals surface area contributed by atoms with Gasteiger partial charge in [0.05, 0.1) is 31.4 Å². The fraction of sp³-hybridized carbons (Fsp3) is 0.682. The van der Waals surface area contributed by atoms with Crippen LogP contribution in [-0.2, 0) is 104 Å². The van der Waals surface area contributed by atoms with Crippen molar-refractivity contribution in [3.05, 3.63) is 36.4 Å². The molecule has 0 spiro atoms. The molecule has 2 fully saturated rings. The van der Waals surface area contributed by atoms with Gasteiger partial charge in [0.15, 0.2) is 17.9 Å². The van der Waals surface area contributed by atoms with Crippen LogP contribution in [0.25, 0.3) is 0 Å². The number of aliphatic carboxylic acids is 1. The topological polar surface area (TPSA) is 867 Å². The number of nitrogens with one attached hydrogen (secondary N) is 23. The predicted molar refractivity (Wildman–Crippen MR) is 546 cm³/mol. The van der Waals surface area contributed by atoms with Gasteiger partial charge in [0.2, 0.25) is 106 Å². The van der Waals surface area contributed by atoms with E-state index in [1.165, 1.54) is 72.2 Å². The molecular formula is C88H150N32O22S4. The lowest BCUT2D eigenvalue weighted by Gasteiger charge is -2.32. The highest BCUT2D eigenvalue weighted by Gasteiger charge is 2.45. The number of carboxylic acid groups (broad SMARTS) is 1. The Morgan fingerprint density at radius 2 is 0.781 bits per heavy atom. The van der Waals surface area contributed by atoms with Crippen molar-refractivity contribution in [3.63, 3.8) is 0 Å². The minimum Gasteiger partial charge on any atom is -0.480 e. The van der Waals surface area contributed by atoms with Gasteiger partial charge in [-0.2, -0.15) is 48.8 Å². The fourth-order valence-corrected chi connectivity index (χ4v) is 16.9. The normalized spacial score (nSPS) is 16.8. The summed E-state index contributed by atoms with van der Waals surface area (Å²) < 4.78 is 0. The third kappa shape index (κ3) is 44.0. The first-order valence-corrected chi connectivity index (χ1v) is 52.2. The first kappa shape index (κ1) is 126. The maximum atomic E-state index is 15.2. The number of carbonyl (C=O) groups is 19. The predicted octanol–water partition coefficient (Wildman–Crippen LogP) is -8.85. The summed E-state index contributed by atoms with van der Waals surface area (Å²) in [4.78, 5) is 285. The number of amides is 18. The monoisotopic (exact) mass is 2140 g/mol. The summed E-state index contributed by atoms with van der Waals surface area (Å²) in [6, 6.07) is -26.2. The van der Waals surface area contributed by atoms with Gasteiger partial charge >= 0.3 is 5.97 Å². The third-order valence-electron chi connectivity index (χ3n) is 23.4. The van der Waals surface area contributed by atoms with Gasteiger partial charge in [-0.3, -0.25) is 103 Å². The summed E-state index contributed by atoms with van der Waals surface area (Å²) in [6.45, 7) is 11.6. The van der Waals surface area contributed by atoms with Gasteiger partial charge in [-0.25, -0.2) is 14.8 Å². The lowest BCUT2D eigenvalue weighted by molar-refractivity contribution is -0.144. The van der Waals surface area contributed by atoms with Crippen molar-refractivity contribution in [2.75, 3.05) is 74.9 Å². The second-order valence-corrected chi connectivity index (χ2v) is 39.3. The van der Waals surface area contributed by atoms with Gasteiger partial charge < -0.3 is 159 Å². The number of carboxylic acids is 1. The molecule has 4 rings (SSSR count). The van der Waals surface area contributed by atoms with E-state index < -0.39 is 258 Å². The zero-order chi connectivity index (χ0) is 109. The van der Waals surface area contributed by atoms with Crippen LogP contribution in [0.5, 0.6) is 0 Å². The summed E-state index contributed by atoms with van der Waals surface area (Å²) in [5, 5.41) is 100. The Morgan fingerprint density at radius 3 is 1.18 bits per heavy atom. The molecule has 0 radical (unpaired) electrons. The van der Waals surface area contributed by atoms with Crippen molar-refractivity contribution in [2.45, 2.75) is 286 Å². The average Bonchev–Trinajstić information content (AvgIpc) is 1.65. The second-order valence-electron chi connectivity index (χ2n) is 36.6. The first-order valence-electron chi connectivity index (χ1n) is 48.1. The fourth-order valence-electron chi connectivity index (χ4n) is 15.6. The molecule has 2 aliphatic rings. The summed E-state index contributed by atoms with van der Waals surface area (Å²) in [7, 11) is 0. The van der Waals surface area contributed by atoms with E-state index in [2.05, 4.69) is 141 Å². The van der Waals surface area contributed by atoms with Gasteiger partial charge in [0, 0.05) is 87.3 Å². The number of primary amides is 1. The van der Waals surface area contributed by atoms with Crippen LogP contribution < -0.4 is 124 Å². The van der Waals surface area contributed by atoms with E-state index in [1.807, 2.05) is 0 Å². The maximum absolute atomic E-state index is 15.2. The molecule has 2 aromatic rings. The van der Waals surface area contributed by atoms with Crippen molar-refractivity contribution in [1.29, 1.82) is 16.2 Å². The summed E-state index contributed by atoms with van der Waals surface area (Å²) in [5.41, 5.74) is 28.4. The number of H-pyrrole nitrogens is 2. The largest absolute Gasteiger partial charge is 0.480 e. The first-order chi connectivity index (χ1) is 69.0. The van der Waals surface area contributed by atoms with E-state index >= 15 is 19.2 Å². The number of imidazole rings is 2. The molecule has 818 valence electrons. The maximum Gasteiger partial charge on any atom is 0.327 e. The van der Waals surface area contributed by atoms with E-state index in [0.29, 0.717) is 11.4 Å². The minimum absolute atomic E-state index is 0.0175. The molecule has 4 heterocycles.